The minimum atomic E-state index is -4.46. The minimum Gasteiger partial charge on any atom is -0.495 e. The lowest BCUT2D eigenvalue weighted by Gasteiger charge is -2.38. The molecule has 3 N–H and O–H groups in total. The van der Waals surface area contributed by atoms with Gasteiger partial charge < -0.3 is 30.5 Å². The number of carbonyl (C=O) groups is 2. The maximum atomic E-state index is 13.3. The molecule has 1 fully saturated rings. The Kier molecular flexibility index (Phi) is 9.26. The molecule has 0 aliphatic carbocycles. The van der Waals surface area contributed by atoms with Gasteiger partial charge >= 0.3 is 12.2 Å². The molecule has 41 heavy (non-hydrogen) atoms. The molecule has 11 heteroatoms. The fourth-order valence-electron chi connectivity index (χ4n) is 4.59. The van der Waals surface area contributed by atoms with Gasteiger partial charge in [-0.15, -0.1) is 0 Å². The summed E-state index contributed by atoms with van der Waals surface area (Å²) in [6, 6.07) is 16.5. The van der Waals surface area contributed by atoms with Crippen LogP contribution in [0.15, 0.2) is 66.7 Å². The Morgan fingerprint density at radius 3 is 2.07 bits per heavy atom. The van der Waals surface area contributed by atoms with Crippen LogP contribution in [-0.4, -0.2) is 51.3 Å². The number of para-hydroxylation sites is 2. The zero-order valence-corrected chi connectivity index (χ0v) is 23.2. The lowest BCUT2D eigenvalue weighted by molar-refractivity contribution is -0.137. The van der Waals surface area contributed by atoms with E-state index in [1.165, 1.54) is 12.1 Å². The number of benzene rings is 3. The standard InChI is InChI=1S/C30H34F3N5O3/c1-4-20(2)34-28(39)24-19-23(36-29(40)35-22-11-9-21(10-12-22)30(31,32)33)13-14-25(24)37-15-17-38(18-16-37)26-7-5-6-8-27(26)41-3/h5-14,19-20H,4,15-18H2,1-3H3,(H,34,39)(H2,35,36,40). The second-order valence-electron chi connectivity index (χ2n) is 9.81. The van der Waals surface area contributed by atoms with E-state index in [-0.39, 0.29) is 17.6 Å². The SMILES string of the molecule is CCC(C)NC(=O)c1cc(NC(=O)Nc2ccc(C(F)(F)F)cc2)ccc1N1CCN(c2ccccc2OC)CC1. The molecular weight excluding hydrogens is 535 g/mol. The number of urea groups is 1. The Balaban J connectivity index is 1.49. The van der Waals surface area contributed by atoms with Crippen molar-refractivity contribution in [3.8, 4) is 5.75 Å². The van der Waals surface area contributed by atoms with Crippen LogP contribution in [0.2, 0.25) is 0 Å². The molecule has 3 aromatic carbocycles. The van der Waals surface area contributed by atoms with Gasteiger partial charge in [0, 0.05) is 49.3 Å². The van der Waals surface area contributed by atoms with Gasteiger partial charge in [0.15, 0.2) is 0 Å². The van der Waals surface area contributed by atoms with Crippen molar-refractivity contribution >= 4 is 34.7 Å². The van der Waals surface area contributed by atoms with Crippen LogP contribution in [0.5, 0.6) is 5.75 Å². The highest BCUT2D eigenvalue weighted by molar-refractivity contribution is 6.04. The normalized spacial score (nSPS) is 14.3. The molecule has 8 nitrogen and oxygen atoms in total. The summed E-state index contributed by atoms with van der Waals surface area (Å²) >= 11 is 0. The number of carbonyl (C=O) groups excluding carboxylic acids is 2. The molecule has 1 heterocycles. The summed E-state index contributed by atoms with van der Waals surface area (Å²) < 4.78 is 44.0. The molecule has 3 amide bonds. The number of methoxy groups -OCH3 is 1. The zero-order valence-electron chi connectivity index (χ0n) is 23.2. The number of nitrogens with one attached hydrogen (secondary N) is 3. The quantitative estimate of drug-likeness (QED) is 0.300. The van der Waals surface area contributed by atoms with E-state index in [1.807, 2.05) is 38.1 Å². The van der Waals surface area contributed by atoms with Gasteiger partial charge in [-0.2, -0.15) is 13.2 Å². The van der Waals surface area contributed by atoms with Crippen molar-refractivity contribution in [3.05, 3.63) is 77.9 Å². The van der Waals surface area contributed by atoms with Crippen molar-refractivity contribution in [2.24, 2.45) is 0 Å². The third kappa shape index (κ3) is 7.41. The first-order chi connectivity index (χ1) is 19.6. The van der Waals surface area contributed by atoms with Crippen LogP contribution in [-0.2, 0) is 6.18 Å². The molecule has 218 valence electrons. The number of hydrogen-bond acceptors (Lipinski definition) is 5. The number of piperazine rings is 1. The van der Waals surface area contributed by atoms with E-state index in [0.717, 1.165) is 48.8 Å². The smallest absolute Gasteiger partial charge is 0.416 e. The molecule has 1 aliphatic heterocycles. The Bertz CT molecular complexity index is 1360. The molecule has 1 saturated heterocycles. The average Bonchev–Trinajstić information content (AvgIpc) is 2.97. The predicted molar refractivity (Wildman–Crippen MR) is 155 cm³/mol. The van der Waals surface area contributed by atoms with Crippen LogP contribution < -0.4 is 30.5 Å². The fourth-order valence-corrected chi connectivity index (χ4v) is 4.59. The summed E-state index contributed by atoms with van der Waals surface area (Å²) in [5.74, 6) is 0.549. The number of rotatable bonds is 8. The van der Waals surface area contributed by atoms with Crippen molar-refractivity contribution in [2.45, 2.75) is 32.5 Å². The molecule has 0 spiro atoms. The number of nitrogens with zero attached hydrogens (tertiary/aromatic N) is 2. The van der Waals surface area contributed by atoms with Crippen LogP contribution in [0.4, 0.5) is 40.7 Å². The molecular formula is C30H34F3N5O3. The van der Waals surface area contributed by atoms with Gasteiger partial charge in [-0.1, -0.05) is 19.1 Å². The highest BCUT2D eigenvalue weighted by atomic mass is 19.4. The van der Waals surface area contributed by atoms with Gasteiger partial charge in [0.1, 0.15) is 5.75 Å². The van der Waals surface area contributed by atoms with Crippen molar-refractivity contribution in [1.29, 1.82) is 0 Å². The van der Waals surface area contributed by atoms with Crippen molar-refractivity contribution in [1.82, 2.24) is 5.32 Å². The van der Waals surface area contributed by atoms with E-state index in [9.17, 15) is 22.8 Å². The number of halogens is 3. The van der Waals surface area contributed by atoms with Crippen LogP contribution in [0.1, 0.15) is 36.2 Å². The summed E-state index contributed by atoms with van der Waals surface area (Å²) in [6.07, 6.45) is -3.71. The molecule has 0 aromatic heterocycles. The minimum absolute atomic E-state index is 0.0441. The van der Waals surface area contributed by atoms with Crippen molar-refractivity contribution in [3.63, 3.8) is 0 Å². The van der Waals surface area contributed by atoms with Gasteiger partial charge in [0.05, 0.1) is 23.9 Å². The Hall–Kier alpha value is -4.41. The van der Waals surface area contributed by atoms with Crippen LogP contribution in [0.3, 0.4) is 0 Å². The Labute approximate surface area is 237 Å². The van der Waals surface area contributed by atoms with E-state index in [2.05, 4.69) is 25.8 Å². The van der Waals surface area contributed by atoms with E-state index < -0.39 is 17.8 Å². The number of ether oxygens (including phenoxy) is 1. The number of anilines is 4. The Morgan fingerprint density at radius 2 is 1.46 bits per heavy atom. The first-order valence-corrected chi connectivity index (χ1v) is 13.4. The number of amides is 3. The van der Waals surface area contributed by atoms with Crippen LogP contribution >= 0.6 is 0 Å². The zero-order chi connectivity index (χ0) is 29.6. The largest absolute Gasteiger partial charge is 0.495 e. The second kappa shape index (κ2) is 12.8. The van der Waals surface area contributed by atoms with Gasteiger partial charge in [-0.3, -0.25) is 4.79 Å². The highest BCUT2D eigenvalue weighted by Gasteiger charge is 2.30. The average molecular weight is 570 g/mol. The van der Waals surface area contributed by atoms with Crippen molar-refractivity contribution in [2.75, 3.05) is 53.7 Å². The maximum absolute atomic E-state index is 13.3. The maximum Gasteiger partial charge on any atom is 0.416 e. The van der Waals surface area contributed by atoms with E-state index in [0.29, 0.717) is 24.3 Å². The number of hydrogen-bond donors (Lipinski definition) is 3. The highest BCUT2D eigenvalue weighted by Crippen LogP contribution is 2.32. The second-order valence-corrected chi connectivity index (χ2v) is 9.81. The molecule has 1 aliphatic rings. The van der Waals surface area contributed by atoms with Crippen LogP contribution in [0.25, 0.3) is 0 Å². The molecule has 0 saturated carbocycles. The monoisotopic (exact) mass is 569 g/mol. The number of alkyl halides is 3. The van der Waals surface area contributed by atoms with Crippen LogP contribution in [0, 0.1) is 0 Å². The molecule has 4 rings (SSSR count). The summed E-state index contributed by atoms with van der Waals surface area (Å²) in [5.41, 5.74) is 1.96. The lowest BCUT2D eigenvalue weighted by Crippen LogP contribution is -2.47. The first-order valence-electron chi connectivity index (χ1n) is 13.4. The first kappa shape index (κ1) is 29.6. The van der Waals surface area contributed by atoms with Gasteiger partial charge in [-0.25, -0.2) is 4.79 Å². The van der Waals surface area contributed by atoms with Gasteiger partial charge in [0.2, 0.25) is 0 Å². The van der Waals surface area contributed by atoms with E-state index in [4.69, 9.17) is 4.74 Å². The third-order valence-corrected chi connectivity index (χ3v) is 7.01. The van der Waals surface area contributed by atoms with Gasteiger partial charge in [0.25, 0.3) is 5.91 Å². The van der Waals surface area contributed by atoms with E-state index >= 15 is 0 Å². The van der Waals surface area contributed by atoms with Crippen molar-refractivity contribution < 1.29 is 27.5 Å². The summed E-state index contributed by atoms with van der Waals surface area (Å²) in [4.78, 5) is 30.3. The summed E-state index contributed by atoms with van der Waals surface area (Å²) in [7, 11) is 1.65. The Morgan fingerprint density at radius 1 is 0.878 bits per heavy atom. The fraction of sp³-hybridized carbons (Fsp3) is 0.333. The summed E-state index contributed by atoms with van der Waals surface area (Å²) in [5, 5.41) is 8.20. The van der Waals surface area contributed by atoms with E-state index in [1.54, 1.807) is 25.3 Å². The molecule has 0 radical (unpaired) electrons. The summed E-state index contributed by atoms with van der Waals surface area (Å²) in [6.45, 7) is 6.69. The predicted octanol–water partition coefficient (Wildman–Crippen LogP) is 6.21. The molecule has 0 bridgehead atoms. The lowest BCUT2D eigenvalue weighted by atomic mass is 10.1. The topological polar surface area (TPSA) is 85.9 Å². The van der Waals surface area contributed by atoms with Gasteiger partial charge in [-0.05, 0) is 67.9 Å². The molecule has 3 aromatic rings. The third-order valence-electron chi connectivity index (χ3n) is 7.01. The molecule has 1 unspecified atom stereocenters. The molecule has 1 atom stereocenters.